The maximum absolute atomic E-state index is 13.5. The number of amides is 3. The smallest absolute Gasteiger partial charge is 0.321 e. The van der Waals surface area contributed by atoms with Gasteiger partial charge in [-0.15, -0.1) is 0 Å². The number of fused-ring (bicyclic) bond motifs is 1. The number of hydrogen-bond acceptors (Lipinski definition) is 6. The standard InChI is InChI=1S/C31H37N7O2/c1-37(2)31(40)36-26-17-24(19-32-20-26)23-11-10-22-9-8-14-33-29(27(22)18-23)30(39)35-25-12-13-28(34-21-25)38-15-6-4-3-5-7-16-38/h10-13,17-21H,3-9,14-16H2,1-2H3,(H,35,39)(H,36,40). The number of aromatic nitrogens is 2. The molecule has 3 amide bonds. The van der Waals surface area contributed by atoms with Crippen LogP contribution in [0.3, 0.4) is 0 Å². The maximum atomic E-state index is 13.5. The summed E-state index contributed by atoms with van der Waals surface area (Å²) in [5.41, 5.74) is 5.32. The first-order valence-corrected chi connectivity index (χ1v) is 14.1. The Hall–Kier alpha value is -4.27. The fourth-order valence-electron chi connectivity index (χ4n) is 5.15. The second-order valence-corrected chi connectivity index (χ2v) is 10.6. The molecular weight excluding hydrogens is 502 g/mol. The van der Waals surface area contributed by atoms with Crippen molar-refractivity contribution in [2.75, 3.05) is 49.3 Å². The Morgan fingerprint density at radius 1 is 0.825 bits per heavy atom. The topological polar surface area (TPSA) is 103 Å². The van der Waals surface area contributed by atoms with Crippen LogP contribution in [0, 0.1) is 0 Å². The lowest BCUT2D eigenvalue weighted by molar-refractivity contribution is -0.110. The SMILES string of the molecule is CN(C)C(=O)Nc1cncc(-c2ccc3c(c2)C(C(=O)Nc2ccc(N4CCCCCCC4)nc2)=NCCC3)c1. The molecule has 9 heteroatoms. The molecule has 2 aromatic heterocycles. The first-order valence-electron chi connectivity index (χ1n) is 14.1. The van der Waals surface area contributed by atoms with Gasteiger partial charge < -0.3 is 20.4 Å². The number of urea groups is 1. The summed E-state index contributed by atoms with van der Waals surface area (Å²) in [6, 6.07) is 11.7. The van der Waals surface area contributed by atoms with Gasteiger partial charge in [0.15, 0.2) is 0 Å². The normalized spacial score (nSPS) is 15.6. The summed E-state index contributed by atoms with van der Waals surface area (Å²) in [5.74, 6) is 0.713. The van der Waals surface area contributed by atoms with Crippen LogP contribution in [0.15, 0.2) is 60.0 Å². The molecule has 0 bridgehead atoms. The molecule has 0 unspecified atom stereocenters. The molecule has 0 atom stereocenters. The van der Waals surface area contributed by atoms with Crippen molar-refractivity contribution in [2.24, 2.45) is 4.99 Å². The number of carbonyl (C=O) groups is 2. The highest BCUT2D eigenvalue weighted by atomic mass is 16.2. The number of anilines is 3. The molecule has 5 rings (SSSR count). The summed E-state index contributed by atoms with van der Waals surface area (Å²) in [5, 5.41) is 5.85. The predicted molar refractivity (Wildman–Crippen MR) is 160 cm³/mol. The van der Waals surface area contributed by atoms with Gasteiger partial charge in [-0.3, -0.25) is 14.8 Å². The lowest BCUT2D eigenvalue weighted by Gasteiger charge is -2.25. The number of rotatable bonds is 5. The van der Waals surface area contributed by atoms with E-state index in [1.54, 1.807) is 32.7 Å². The molecule has 1 fully saturated rings. The molecule has 0 radical (unpaired) electrons. The van der Waals surface area contributed by atoms with Gasteiger partial charge in [0.05, 0.1) is 23.8 Å². The molecule has 0 aliphatic carbocycles. The van der Waals surface area contributed by atoms with E-state index in [0.29, 0.717) is 23.6 Å². The fourth-order valence-corrected chi connectivity index (χ4v) is 5.15. The number of hydrogen-bond donors (Lipinski definition) is 2. The van der Waals surface area contributed by atoms with Gasteiger partial charge in [-0.05, 0) is 61.1 Å². The van der Waals surface area contributed by atoms with Gasteiger partial charge in [0.1, 0.15) is 11.5 Å². The first kappa shape index (κ1) is 27.3. The average Bonchev–Trinajstić information content (AvgIpc) is 3.16. The predicted octanol–water partition coefficient (Wildman–Crippen LogP) is 5.38. The van der Waals surface area contributed by atoms with E-state index in [2.05, 4.69) is 36.6 Å². The quantitative estimate of drug-likeness (QED) is 0.453. The van der Waals surface area contributed by atoms with Gasteiger partial charge in [-0.25, -0.2) is 9.78 Å². The third-order valence-corrected chi connectivity index (χ3v) is 7.37. The van der Waals surface area contributed by atoms with E-state index >= 15 is 0 Å². The number of pyridine rings is 2. The molecule has 0 saturated carbocycles. The van der Waals surface area contributed by atoms with Crippen LogP contribution in [0.25, 0.3) is 11.1 Å². The van der Waals surface area contributed by atoms with E-state index in [9.17, 15) is 9.59 Å². The van der Waals surface area contributed by atoms with E-state index in [0.717, 1.165) is 54.0 Å². The van der Waals surface area contributed by atoms with E-state index in [1.807, 2.05) is 30.3 Å². The Morgan fingerprint density at radius 3 is 2.38 bits per heavy atom. The highest BCUT2D eigenvalue weighted by Crippen LogP contribution is 2.27. The summed E-state index contributed by atoms with van der Waals surface area (Å²) in [4.78, 5) is 43.1. The van der Waals surface area contributed by atoms with Crippen LogP contribution in [-0.4, -0.2) is 66.2 Å². The van der Waals surface area contributed by atoms with Crippen molar-refractivity contribution in [1.29, 1.82) is 0 Å². The summed E-state index contributed by atoms with van der Waals surface area (Å²) >= 11 is 0. The van der Waals surface area contributed by atoms with Crippen molar-refractivity contribution >= 4 is 34.8 Å². The van der Waals surface area contributed by atoms with Crippen LogP contribution in [-0.2, 0) is 11.2 Å². The number of nitrogens with zero attached hydrogens (tertiary/aromatic N) is 5. The molecule has 2 N–H and O–H groups in total. The van der Waals surface area contributed by atoms with Gasteiger partial charge >= 0.3 is 6.03 Å². The highest BCUT2D eigenvalue weighted by Gasteiger charge is 2.21. The molecular formula is C31H37N7O2. The minimum atomic E-state index is -0.244. The zero-order chi connectivity index (χ0) is 27.9. The molecule has 0 spiro atoms. The van der Waals surface area contributed by atoms with Crippen molar-refractivity contribution in [3.63, 3.8) is 0 Å². The van der Waals surface area contributed by atoms with Crippen molar-refractivity contribution in [3.05, 3.63) is 66.1 Å². The summed E-state index contributed by atoms with van der Waals surface area (Å²) in [6.07, 6.45) is 13.1. The summed E-state index contributed by atoms with van der Waals surface area (Å²) < 4.78 is 0. The van der Waals surface area contributed by atoms with Crippen LogP contribution in [0.5, 0.6) is 0 Å². The maximum Gasteiger partial charge on any atom is 0.321 e. The minimum absolute atomic E-state index is 0.226. The Labute approximate surface area is 235 Å². The van der Waals surface area contributed by atoms with Crippen LogP contribution in [0.4, 0.5) is 22.0 Å². The zero-order valence-corrected chi connectivity index (χ0v) is 23.3. The van der Waals surface area contributed by atoms with Gasteiger partial charge in [0, 0.05) is 51.1 Å². The number of carbonyl (C=O) groups excluding carboxylic acids is 2. The molecule has 9 nitrogen and oxygen atoms in total. The lowest BCUT2D eigenvalue weighted by Crippen LogP contribution is -2.28. The van der Waals surface area contributed by atoms with Crippen molar-refractivity contribution < 1.29 is 9.59 Å². The largest absolute Gasteiger partial charge is 0.357 e. The lowest BCUT2D eigenvalue weighted by atomic mass is 9.95. The second kappa shape index (κ2) is 12.7. The van der Waals surface area contributed by atoms with Crippen molar-refractivity contribution in [3.8, 4) is 11.1 Å². The molecule has 40 heavy (non-hydrogen) atoms. The molecule has 4 heterocycles. The Kier molecular flexibility index (Phi) is 8.68. The molecule has 3 aromatic rings. The van der Waals surface area contributed by atoms with Gasteiger partial charge in [0.2, 0.25) is 0 Å². The number of benzene rings is 1. The van der Waals surface area contributed by atoms with E-state index in [-0.39, 0.29) is 11.9 Å². The molecule has 1 saturated heterocycles. The fraction of sp³-hybridized carbons (Fsp3) is 0.387. The number of aryl methyl sites for hydroxylation is 1. The first-order chi connectivity index (χ1) is 19.5. The van der Waals surface area contributed by atoms with Crippen LogP contribution in [0.1, 0.15) is 49.7 Å². The van der Waals surface area contributed by atoms with Crippen LogP contribution < -0.4 is 15.5 Å². The van der Waals surface area contributed by atoms with Crippen LogP contribution in [0.2, 0.25) is 0 Å². The monoisotopic (exact) mass is 539 g/mol. The second-order valence-electron chi connectivity index (χ2n) is 10.6. The van der Waals surface area contributed by atoms with E-state index < -0.39 is 0 Å². The van der Waals surface area contributed by atoms with Gasteiger partial charge in [-0.2, -0.15) is 0 Å². The number of nitrogens with one attached hydrogen (secondary N) is 2. The third-order valence-electron chi connectivity index (χ3n) is 7.37. The summed E-state index contributed by atoms with van der Waals surface area (Å²) in [7, 11) is 3.37. The van der Waals surface area contributed by atoms with Crippen molar-refractivity contribution in [2.45, 2.75) is 44.9 Å². The Balaban J connectivity index is 1.34. The molecule has 1 aromatic carbocycles. The number of aliphatic imine (C=N–C) groups is 1. The molecule has 208 valence electrons. The van der Waals surface area contributed by atoms with E-state index in [1.165, 1.54) is 37.0 Å². The molecule has 2 aliphatic rings. The Bertz CT molecular complexity index is 1380. The highest BCUT2D eigenvalue weighted by molar-refractivity contribution is 6.49. The van der Waals surface area contributed by atoms with Gasteiger partial charge in [-0.1, -0.05) is 31.4 Å². The van der Waals surface area contributed by atoms with Crippen molar-refractivity contribution in [1.82, 2.24) is 14.9 Å². The third kappa shape index (κ3) is 6.65. The molecule has 2 aliphatic heterocycles. The van der Waals surface area contributed by atoms with Gasteiger partial charge in [0.25, 0.3) is 5.91 Å². The minimum Gasteiger partial charge on any atom is -0.357 e. The Morgan fingerprint density at radius 2 is 1.62 bits per heavy atom. The van der Waals surface area contributed by atoms with E-state index in [4.69, 9.17) is 0 Å². The van der Waals surface area contributed by atoms with Crippen LogP contribution >= 0.6 is 0 Å². The summed E-state index contributed by atoms with van der Waals surface area (Å²) in [6.45, 7) is 2.64. The zero-order valence-electron chi connectivity index (χ0n) is 23.3. The average molecular weight is 540 g/mol.